The van der Waals surface area contributed by atoms with Crippen molar-refractivity contribution in [3.05, 3.63) is 28.8 Å². The first kappa shape index (κ1) is 16.6. The van der Waals surface area contributed by atoms with Crippen LogP contribution in [0.5, 0.6) is 5.75 Å². The Balaban J connectivity index is 1.83. The Morgan fingerprint density at radius 3 is 2.62 bits per heavy atom. The summed E-state index contributed by atoms with van der Waals surface area (Å²) >= 11 is 6.00. The number of aliphatic hydroxyl groups is 1. The highest BCUT2D eigenvalue weighted by Crippen LogP contribution is 2.21. The lowest BCUT2D eigenvalue weighted by atomic mass is 9.97. The summed E-state index contributed by atoms with van der Waals surface area (Å²) in [5.74, 6) is 0.769. The second-order valence-corrected chi connectivity index (χ2v) is 6.80. The molecule has 0 spiro atoms. The molecule has 118 valence electrons. The van der Waals surface area contributed by atoms with Gasteiger partial charge in [0.15, 0.2) is 0 Å². The number of quaternary nitrogens is 1. The minimum absolute atomic E-state index is 0.337. The third-order valence-electron chi connectivity index (χ3n) is 4.58. The normalized spacial score (nSPS) is 27.4. The molecule has 2 rings (SSSR count). The van der Waals surface area contributed by atoms with Crippen LogP contribution >= 0.6 is 11.6 Å². The lowest BCUT2D eigenvalue weighted by molar-refractivity contribution is -0.954. The molecule has 1 aromatic carbocycles. The number of likely N-dealkylation sites (tertiary alicyclic amines) is 1. The van der Waals surface area contributed by atoms with E-state index in [0.717, 1.165) is 22.9 Å². The van der Waals surface area contributed by atoms with Crippen LogP contribution in [0.4, 0.5) is 0 Å². The van der Waals surface area contributed by atoms with Crippen molar-refractivity contribution in [3.8, 4) is 5.75 Å². The summed E-state index contributed by atoms with van der Waals surface area (Å²) in [7, 11) is 0. The average Bonchev–Trinajstić information content (AvgIpc) is 2.44. The van der Waals surface area contributed by atoms with Crippen molar-refractivity contribution in [2.75, 3.05) is 13.2 Å². The minimum atomic E-state index is -0.431. The van der Waals surface area contributed by atoms with E-state index in [4.69, 9.17) is 16.3 Å². The van der Waals surface area contributed by atoms with Gasteiger partial charge in [-0.3, -0.25) is 0 Å². The molecule has 3 atom stereocenters. The van der Waals surface area contributed by atoms with Gasteiger partial charge in [0, 0.05) is 5.02 Å². The van der Waals surface area contributed by atoms with E-state index in [1.807, 2.05) is 25.1 Å². The Labute approximate surface area is 132 Å². The number of rotatable bonds is 5. The van der Waals surface area contributed by atoms with Crippen LogP contribution in [0.25, 0.3) is 0 Å². The molecule has 1 saturated heterocycles. The first-order valence-electron chi connectivity index (χ1n) is 7.90. The minimum Gasteiger partial charge on any atom is -0.491 e. The van der Waals surface area contributed by atoms with Gasteiger partial charge in [0.25, 0.3) is 0 Å². The third kappa shape index (κ3) is 4.60. The summed E-state index contributed by atoms with van der Waals surface area (Å²) in [5, 5.41) is 11.0. The Morgan fingerprint density at radius 1 is 1.33 bits per heavy atom. The SMILES string of the molecule is Cc1cc(OCC(O)C[NH+]2C(C)CCCC2C)ccc1Cl. The van der Waals surface area contributed by atoms with Crippen LogP contribution in [0.15, 0.2) is 18.2 Å². The third-order valence-corrected chi connectivity index (χ3v) is 5.01. The maximum atomic E-state index is 10.3. The zero-order chi connectivity index (χ0) is 15.4. The summed E-state index contributed by atoms with van der Waals surface area (Å²) in [5.41, 5.74) is 0.993. The summed E-state index contributed by atoms with van der Waals surface area (Å²) in [6.07, 6.45) is 3.38. The van der Waals surface area contributed by atoms with Gasteiger partial charge in [-0.25, -0.2) is 0 Å². The van der Waals surface area contributed by atoms with E-state index in [1.54, 1.807) is 0 Å². The van der Waals surface area contributed by atoms with Gasteiger partial charge in [0.1, 0.15) is 25.0 Å². The van der Waals surface area contributed by atoms with Gasteiger partial charge in [-0.1, -0.05) is 11.6 Å². The average molecular weight is 313 g/mol. The van der Waals surface area contributed by atoms with Crippen LogP contribution < -0.4 is 9.64 Å². The molecule has 4 heteroatoms. The highest BCUT2D eigenvalue weighted by molar-refractivity contribution is 6.31. The summed E-state index contributed by atoms with van der Waals surface area (Å²) in [4.78, 5) is 1.50. The number of hydrogen-bond donors (Lipinski definition) is 2. The fourth-order valence-electron chi connectivity index (χ4n) is 3.22. The van der Waals surface area contributed by atoms with Crippen molar-refractivity contribution in [2.24, 2.45) is 0 Å². The zero-order valence-corrected chi connectivity index (χ0v) is 14.0. The molecule has 0 radical (unpaired) electrons. The Bertz CT molecular complexity index is 456. The number of aliphatic hydroxyl groups excluding tert-OH is 1. The van der Waals surface area contributed by atoms with Crippen LogP contribution in [0, 0.1) is 6.92 Å². The number of halogens is 1. The molecule has 1 heterocycles. The molecule has 0 aromatic heterocycles. The Hall–Kier alpha value is -0.770. The van der Waals surface area contributed by atoms with Gasteiger partial charge in [-0.15, -0.1) is 0 Å². The van der Waals surface area contributed by atoms with Gasteiger partial charge in [0.2, 0.25) is 0 Å². The number of hydrogen-bond acceptors (Lipinski definition) is 2. The second kappa shape index (κ2) is 7.48. The van der Waals surface area contributed by atoms with Crippen molar-refractivity contribution >= 4 is 11.6 Å². The summed E-state index contributed by atoms with van der Waals surface area (Å²) in [6, 6.07) is 6.84. The first-order valence-corrected chi connectivity index (χ1v) is 8.27. The van der Waals surface area contributed by atoms with Crippen LogP contribution in [0.2, 0.25) is 5.02 Å². The van der Waals surface area contributed by atoms with Crippen LogP contribution in [-0.4, -0.2) is 36.4 Å². The quantitative estimate of drug-likeness (QED) is 0.874. The largest absolute Gasteiger partial charge is 0.491 e. The standard InChI is InChI=1S/C17H26ClNO2/c1-12-9-16(7-8-17(12)18)21-11-15(20)10-19-13(2)5-4-6-14(19)3/h7-9,13-15,20H,4-6,10-11H2,1-3H3/p+1. The molecule has 1 aliphatic rings. The molecule has 1 aromatic rings. The number of aryl methyl sites for hydroxylation is 1. The molecule has 1 fully saturated rings. The van der Waals surface area contributed by atoms with E-state index in [0.29, 0.717) is 18.7 Å². The van der Waals surface area contributed by atoms with Crippen LogP contribution in [0.3, 0.4) is 0 Å². The maximum absolute atomic E-state index is 10.3. The second-order valence-electron chi connectivity index (χ2n) is 6.39. The highest BCUT2D eigenvalue weighted by atomic mass is 35.5. The molecule has 2 N–H and O–H groups in total. The number of nitrogens with one attached hydrogen (secondary N) is 1. The van der Waals surface area contributed by atoms with Gasteiger partial charge in [-0.2, -0.15) is 0 Å². The lowest BCUT2D eigenvalue weighted by Gasteiger charge is -2.36. The first-order chi connectivity index (χ1) is 9.97. The van der Waals surface area contributed by atoms with Crippen molar-refractivity contribution in [3.63, 3.8) is 0 Å². The van der Waals surface area contributed by atoms with E-state index in [1.165, 1.54) is 24.2 Å². The molecule has 1 aliphatic heterocycles. The fourth-order valence-corrected chi connectivity index (χ4v) is 3.34. The zero-order valence-electron chi connectivity index (χ0n) is 13.2. The molecule has 3 unspecified atom stereocenters. The number of piperidine rings is 1. The van der Waals surface area contributed by atoms with Crippen LogP contribution in [-0.2, 0) is 0 Å². The van der Waals surface area contributed by atoms with Gasteiger partial charge < -0.3 is 14.7 Å². The van der Waals surface area contributed by atoms with Crippen molar-refractivity contribution in [1.29, 1.82) is 0 Å². The number of ether oxygens (including phenoxy) is 1. The van der Waals surface area contributed by atoms with E-state index in [-0.39, 0.29) is 0 Å². The fraction of sp³-hybridized carbons (Fsp3) is 0.647. The van der Waals surface area contributed by atoms with Crippen molar-refractivity contribution in [1.82, 2.24) is 0 Å². The molecule has 21 heavy (non-hydrogen) atoms. The van der Waals surface area contributed by atoms with Crippen molar-refractivity contribution in [2.45, 2.75) is 58.2 Å². The smallest absolute Gasteiger partial charge is 0.137 e. The topological polar surface area (TPSA) is 33.9 Å². The molecule has 0 aliphatic carbocycles. The predicted octanol–water partition coefficient (Wildman–Crippen LogP) is 2.23. The molecule has 0 bridgehead atoms. The van der Waals surface area contributed by atoms with Crippen molar-refractivity contribution < 1.29 is 14.7 Å². The van der Waals surface area contributed by atoms with Gasteiger partial charge in [0.05, 0.1) is 12.1 Å². The van der Waals surface area contributed by atoms with Gasteiger partial charge in [-0.05, 0) is 63.8 Å². The molecular weight excluding hydrogens is 286 g/mol. The van der Waals surface area contributed by atoms with Crippen LogP contribution in [0.1, 0.15) is 38.7 Å². The van der Waals surface area contributed by atoms with E-state index >= 15 is 0 Å². The Morgan fingerprint density at radius 2 is 2.00 bits per heavy atom. The molecule has 0 amide bonds. The highest BCUT2D eigenvalue weighted by Gasteiger charge is 2.30. The molecular formula is C17H27ClNO2+. The molecule has 0 saturated carbocycles. The summed E-state index contributed by atoms with van der Waals surface area (Å²) in [6.45, 7) is 7.61. The van der Waals surface area contributed by atoms with E-state index in [2.05, 4.69) is 13.8 Å². The van der Waals surface area contributed by atoms with E-state index < -0.39 is 6.10 Å². The summed E-state index contributed by atoms with van der Waals surface area (Å²) < 4.78 is 5.69. The molecule has 3 nitrogen and oxygen atoms in total. The van der Waals surface area contributed by atoms with Gasteiger partial charge >= 0.3 is 0 Å². The Kier molecular flexibility index (Phi) is 5.91. The lowest BCUT2D eigenvalue weighted by Crippen LogP contribution is -3.20. The van der Waals surface area contributed by atoms with E-state index in [9.17, 15) is 5.11 Å². The monoisotopic (exact) mass is 312 g/mol. The predicted molar refractivity (Wildman–Crippen MR) is 86.3 cm³/mol. The number of benzene rings is 1. The maximum Gasteiger partial charge on any atom is 0.137 e.